The number of para-hydroxylation sites is 1. The Kier molecular flexibility index (Phi) is 6.64. The van der Waals surface area contributed by atoms with Crippen molar-refractivity contribution in [3.63, 3.8) is 0 Å². The van der Waals surface area contributed by atoms with Gasteiger partial charge < -0.3 is 15.8 Å². The lowest BCUT2D eigenvalue weighted by Gasteiger charge is -2.23. The van der Waals surface area contributed by atoms with Crippen molar-refractivity contribution in [2.45, 2.75) is 32.2 Å². The summed E-state index contributed by atoms with van der Waals surface area (Å²) >= 11 is 9.35. The van der Waals surface area contributed by atoms with E-state index < -0.39 is 23.6 Å². The second-order valence-electron chi connectivity index (χ2n) is 7.89. The van der Waals surface area contributed by atoms with E-state index in [2.05, 4.69) is 41.1 Å². The van der Waals surface area contributed by atoms with E-state index in [0.29, 0.717) is 28.3 Å². The summed E-state index contributed by atoms with van der Waals surface area (Å²) in [6, 6.07) is 8.97. The van der Waals surface area contributed by atoms with Crippen molar-refractivity contribution in [1.82, 2.24) is 24.9 Å². The molecule has 4 aromatic rings. The van der Waals surface area contributed by atoms with Gasteiger partial charge in [-0.3, -0.25) is 4.79 Å². The van der Waals surface area contributed by atoms with Crippen molar-refractivity contribution in [3.05, 3.63) is 51.7 Å². The molecule has 184 valence electrons. The molecule has 1 atom stereocenters. The molecule has 13 heteroatoms. The summed E-state index contributed by atoms with van der Waals surface area (Å²) in [6.45, 7) is 3.77. The van der Waals surface area contributed by atoms with E-state index in [1.54, 1.807) is 18.2 Å². The number of hydrogen-bond acceptors (Lipinski definition) is 6. The zero-order valence-electron chi connectivity index (χ0n) is 18.5. The molecule has 2 aromatic carbocycles. The first kappa shape index (κ1) is 25.1. The van der Waals surface area contributed by atoms with Gasteiger partial charge in [0.05, 0.1) is 11.1 Å². The molecular formula is C22H19BrClF3N6O2. The molecular weight excluding hydrogens is 553 g/mol. The maximum Gasteiger partial charge on any atom is 0.573 e. The maximum atomic E-state index is 13.0. The van der Waals surface area contributed by atoms with Gasteiger partial charge in [0, 0.05) is 21.4 Å². The second-order valence-corrected chi connectivity index (χ2v) is 9.18. The Hall–Kier alpha value is -2.96. The molecule has 0 aliphatic rings. The van der Waals surface area contributed by atoms with Crippen molar-refractivity contribution in [3.8, 4) is 17.1 Å². The monoisotopic (exact) mass is 570 g/mol. The van der Waals surface area contributed by atoms with E-state index in [9.17, 15) is 18.0 Å². The fourth-order valence-corrected chi connectivity index (χ4v) is 4.08. The van der Waals surface area contributed by atoms with Crippen LogP contribution in [0.15, 0.2) is 40.9 Å². The average Bonchev–Trinajstić information content (AvgIpc) is 3.21. The number of benzene rings is 2. The summed E-state index contributed by atoms with van der Waals surface area (Å²) in [4.78, 5) is 22.0. The van der Waals surface area contributed by atoms with E-state index >= 15 is 0 Å². The number of carbonyl (C=O) groups is 1. The first-order valence-electron chi connectivity index (χ1n) is 10.4. The number of fused-ring (bicyclic) bond motifs is 3. The number of nitrogens with one attached hydrogen (secondary N) is 1. The van der Waals surface area contributed by atoms with Crippen LogP contribution in [0.25, 0.3) is 27.9 Å². The fourth-order valence-electron chi connectivity index (χ4n) is 3.46. The minimum atomic E-state index is -4.96. The van der Waals surface area contributed by atoms with E-state index in [0.717, 1.165) is 6.07 Å². The minimum Gasteiger partial charge on any atom is -0.405 e. The molecule has 35 heavy (non-hydrogen) atoms. The van der Waals surface area contributed by atoms with Gasteiger partial charge in [0.15, 0.2) is 22.8 Å². The van der Waals surface area contributed by atoms with Crippen LogP contribution in [0.1, 0.15) is 26.1 Å². The molecule has 0 aliphatic heterocycles. The predicted molar refractivity (Wildman–Crippen MR) is 128 cm³/mol. The van der Waals surface area contributed by atoms with Gasteiger partial charge in [-0.1, -0.05) is 24.6 Å². The van der Waals surface area contributed by atoms with Gasteiger partial charge in [0.1, 0.15) is 5.75 Å². The summed E-state index contributed by atoms with van der Waals surface area (Å²) in [5, 5.41) is 7.71. The molecule has 0 saturated carbocycles. The summed E-state index contributed by atoms with van der Waals surface area (Å²) < 4.78 is 45.2. The highest BCUT2D eigenvalue weighted by Gasteiger charge is 2.37. The lowest BCUT2D eigenvalue weighted by molar-refractivity contribution is -0.274. The zero-order valence-corrected chi connectivity index (χ0v) is 20.8. The van der Waals surface area contributed by atoms with Gasteiger partial charge in [-0.05, 0) is 59.6 Å². The number of rotatable bonds is 6. The van der Waals surface area contributed by atoms with Gasteiger partial charge in [-0.15, -0.1) is 18.3 Å². The van der Waals surface area contributed by atoms with Gasteiger partial charge in [-0.2, -0.15) is 4.52 Å². The van der Waals surface area contributed by atoms with Crippen LogP contribution in [-0.2, 0) is 10.3 Å². The quantitative estimate of drug-likeness (QED) is 0.339. The fraction of sp³-hybridized carbons (Fsp3) is 0.273. The smallest absolute Gasteiger partial charge is 0.405 e. The maximum absolute atomic E-state index is 13.0. The highest BCUT2D eigenvalue weighted by Crippen LogP contribution is 2.36. The van der Waals surface area contributed by atoms with Gasteiger partial charge in [0.25, 0.3) is 0 Å². The normalized spacial score (nSPS) is 13.7. The Balaban J connectivity index is 2.00. The number of nitrogens with zero attached hydrogens (tertiary/aromatic N) is 4. The lowest BCUT2D eigenvalue weighted by atomic mass is 10.0. The summed E-state index contributed by atoms with van der Waals surface area (Å²) in [5.74, 6) is -1.12. The zero-order chi connectivity index (χ0) is 25.5. The standard InChI is InChI=1S/C22H19BrClF3N6O2/c1-3-9-29-20(34)21(2,28)19-30-16-13(5-4-6-14(16)23)18-31-17(32-33(18)19)12-8-7-11(24)10-15(12)35-22(25,26)27/h4-8,10H,3,9,28H2,1-2H3,(H,29,34)/t21-/m1/s1. The highest BCUT2D eigenvalue weighted by molar-refractivity contribution is 9.10. The Morgan fingerprint density at radius 1 is 1.26 bits per heavy atom. The van der Waals surface area contributed by atoms with Crippen LogP contribution in [0, 0.1) is 0 Å². The molecule has 0 fully saturated rings. The number of amides is 1. The molecule has 8 nitrogen and oxygen atoms in total. The first-order valence-corrected chi connectivity index (χ1v) is 11.6. The number of carbonyl (C=O) groups excluding carboxylic acids is 1. The third kappa shape index (κ3) is 4.91. The lowest BCUT2D eigenvalue weighted by Crippen LogP contribution is -2.51. The van der Waals surface area contributed by atoms with Crippen LogP contribution in [-0.4, -0.2) is 38.4 Å². The van der Waals surface area contributed by atoms with Crippen molar-refractivity contribution < 1.29 is 22.7 Å². The Morgan fingerprint density at radius 2 is 2.00 bits per heavy atom. The molecule has 2 heterocycles. The third-order valence-corrected chi connectivity index (χ3v) is 6.01. The number of alkyl halides is 3. The van der Waals surface area contributed by atoms with Gasteiger partial charge >= 0.3 is 6.36 Å². The van der Waals surface area contributed by atoms with Crippen molar-refractivity contribution in [2.75, 3.05) is 6.54 Å². The molecule has 0 bridgehead atoms. The summed E-state index contributed by atoms with van der Waals surface area (Å²) in [5.41, 5.74) is 5.44. The first-order chi connectivity index (χ1) is 16.4. The Morgan fingerprint density at radius 3 is 2.69 bits per heavy atom. The molecule has 0 saturated heterocycles. The van der Waals surface area contributed by atoms with Crippen LogP contribution in [0.2, 0.25) is 5.02 Å². The van der Waals surface area contributed by atoms with E-state index in [1.165, 1.54) is 23.6 Å². The van der Waals surface area contributed by atoms with Crippen LogP contribution >= 0.6 is 27.5 Å². The number of halogens is 5. The van der Waals surface area contributed by atoms with E-state index in [1.807, 2.05) is 6.92 Å². The topological polar surface area (TPSA) is 107 Å². The molecule has 0 spiro atoms. The van der Waals surface area contributed by atoms with Crippen molar-refractivity contribution in [2.24, 2.45) is 5.73 Å². The van der Waals surface area contributed by atoms with E-state index in [4.69, 9.17) is 17.3 Å². The van der Waals surface area contributed by atoms with Crippen LogP contribution in [0.4, 0.5) is 13.2 Å². The average molecular weight is 572 g/mol. The SMILES string of the molecule is CCCNC(=O)[C@](C)(N)c1nc2c(Br)cccc2c2nc(-c3ccc(Cl)cc3OC(F)(F)F)nn12. The van der Waals surface area contributed by atoms with Crippen LogP contribution in [0.3, 0.4) is 0 Å². The molecule has 4 rings (SSSR count). The van der Waals surface area contributed by atoms with Crippen LogP contribution < -0.4 is 15.8 Å². The molecule has 3 N–H and O–H groups in total. The molecule has 0 unspecified atom stereocenters. The number of aromatic nitrogens is 4. The summed E-state index contributed by atoms with van der Waals surface area (Å²) in [6.07, 6.45) is -4.27. The number of ether oxygens (including phenoxy) is 1. The number of nitrogens with two attached hydrogens (primary N) is 1. The molecule has 0 aliphatic carbocycles. The molecule has 2 aromatic heterocycles. The number of hydrogen-bond donors (Lipinski definition) is 2. The third-order valence-electron chi connectivity index (χ3n) is 5.14. The Bertz CT molecular complexity index is 1440. The van der Waals surface area contributed by atoms with Crippen molar-refractivity contribution >= 4 is 50.0 Å². The highest BCUT2D eigenvalue weighted by atomic mass is 79.9. The predicted octanol–water partition coefficient (Wildman–Crippen LogP) is 4.96. The van der Waals surface area contributed by atoms with Gasteiger partial charge in [-0.25, -0.2) is 9.97 Å². The molecule has 1 amide bonds. The second kappa shape index (κ2) is 9.25. The Labute approximate surface area is 210 Å². The van der Waals surface area contributed by atoms with Crippen molar-refractivity contribution in [1.29, 1.82) is 0 Å². The van der Waals surface area contributed by atoms with E-state index in [-0.39, 0.29) is 27.9 Å². The molecule has 0 radical (unpaired) electrons. The largest absolute Gasteiger partial charge is 0.573 e. The summed E-state index contributed by atoms with van der Waals surface area (Å²) in [7, 11) is 0. The van der Waals surface area contributed by atoms with Crippen LogP contribution in [0.5, 0.6) is 5.75 Å². The minimum absolute atomic E-state index is 0.0376. The van der Waals surface area contributed by atoms with Gasteiger partial charge in [0.2, 0.25) is 5.91 Å².